The summed E-state index contributed by atoms with van der Waals surface area (Å²) in [5, 5.41) is 0. The topological polar surface area (TPSA) is 30.8 Å². The van der Waals surface area contributed by atoms with Crippen LogP contribution in [0.4, 0.5) is 0 Å². The fourth-order valence-corrected chi connectivity index (χ4v) is 2.08. The van der Waals surface area contributed by atoms with E-state index in [2.05, 4.69) is 11.1 Å². The van der Waals surface area contributed by atoms with Crippen LogP contribution < -0.4 is 4.74 Å². The summed E-state index contributed by atoms with van der Waals surface area (Å²) in [6.45, 7) is 8.08. The maximum Gasteiger partial charge on any atom is 0.174 e. The highest BCUT2D eigenvalue weighted by Crippen LogP contribution is 2.25. The molecule has 1 aromatic carbocycles. The molecule has 112 valence electrons. The van der Waals surface area contributed by atoms with Gasteiger partial charge in [-0.05, 0) is 45.9 Å². The first kappa shape index (κ1) is 15.5. The summed E-state index contributed by atoms with van der Waals surface area (Å²) < 4.78 is 11.7. The van der Waals surface area contributed by atoms with E-state index in [1.165, 1.54) is 0 Å². The largest absolute Gasteiger partial charge is 0.490 e. The Morgan fingerprint density at radius 2 is 1.86 bits per heavy atom. The van der Waals surface area contributed by atoms with Crippen molar-refractivity contribution in [2.75, 3.05) is 0 Å². The molecule has 0 saturated heterocycles. The van der Waals surface area contributed by atoms with E-state index in [0.717, 1.165) is 16.9 Å². The first-order valence-corrected chi connectivity index (χ1v) is 7.39. The van der Waals surface area contributed by atoms with Crippen molar-refractivity contribution in [2.45, 2.75) is 46.1 Å². The quantitative estimate of drug-likeness (QED) is 0.809. The van der Waals surface area contributed by atoms with Gasteiger partial charge in [-0.3, -0.25) is 4.99 Å². The van der Waals surface area contributed by atoms with Crippen LogP contribution in [0.3, 0.4) is 0 Å². The smallest absolute Gasteiger partial charge is 0.174 e. The van der Waals surface area contributed by atoms with Crippen LogP contribution >= 0.6 is 0 Å². The van der Waals surface area contributed by atoms with Gasteiger partial charge in [-0.1, -0.05) is 24.3 Å². The van der Waals surface area contributed by atoms with E-state index in [1.54, 1.807) is 6.21 Å². The van der Waals surface area contributed by atoms with E-state index in [4.69, 9.17) is 9.47 Å². The number of allylic oxidation sites excluding steroid dienone is 1. The summed E-state index contributed by atoms with van der Waals surface area (Å²) in [7, 11) is 0. The Labute approximate surface area is 127 Å². The molecule has 1 aliphatic rings. The SMILES string of the molecule is CC(C)Oc1ccccc1C=C1C=CC=NC1OC(C)C. The maximum absolute atomic E-state index is 5.86. The van der Waals surface area contributed by atoms with Crippen LogP contribution in [0.2, 0.25) is 0 Å². The molecule has 0 bridgehead atoms. The second kappa shape index (κ2) is 7.23. The molecular weight excluding hydrogens is 262 g/mol. The molecule has 1 aliphatic heterocycles. The molecule has 1 unspecified atom stereocenters. The normalized spacial score (nSPS) is 19.7. The average molecular weight is 285 g/mol. The fraction of sp³-hybridized carbons (Fsp3) is 0.389. The maximum atomic E-state index is 5.86. The summed E-state index contributed by atoms with van der Waals surface area (Å²) in [5.41, 5.74) is 2.08. The van der Waals surface area contributed by atoms with Gasteiger partial charge < -0.3 is 9.47 Å². The zero-order chi connectivity index (χ0) is 15.2. The minimum Gasteiger partial charge on any atom is -0.490 e. The van der Waals surface area contributed by atoms with Crippen LogP contribution in [0.5, 0.6) is 5.75 Å². The lowest BCUT2D eigenvalue weighted by atomic mass is 10.1. The molecule has 1 heterocycles. The van der Waals surface area contributed by atoms with Crippen molar-refractivity contribution >= 4 is 12.3 Å². The van der Waals surface area contributed by atoms with Crippen molar-refractivity contribution < 1.29 is 9.47 Å². The second-order valence-corrected chi connectivity index (χ2v) is 5.54. The van der Waals surface area contributed by atoms with Gasteiger partial charge in [0.25, 0.3) is 0 Å². The molecule has 0 aromatic heterocycles. The van der Waals surface area contributed by atoms with E-state index in [9.17, 15) is 0 Å². The summed E-state index contributed by atoms with van der Waals surface area (Å²) in [4.78, 5) is 4.39. The van der Waals surface area contributed by atoms with Crippen molar-refractivity contribution in [3.05, 3.63) is 47.6 Å². The lowest BCUT2D eigenvalue weighted by Crippen LogP contribution is -2.19. The highest BCUT2D eigenvalue weighted by molar-refractivity contribution is 5.76. The van der Waals surface area contributed by atoms with Crippen LogP contribution in [0, 0.1) is 0 Å². The minimum atomic E-state index is -0.248. The van der Waals surface area contributed by atoms with Gasteiger partial charge in [0.15, 0.2) is 6.23 Å². The predicted molar refractivity (Wildman–Crippen MR) is 87.8 cm³/mol. The molecule has 21 heavy (non-hydrogen) atoms. The number of hydrogen-bond donors (Lipinski definition) is 0. The summed E-state index contributed by atoms with van der Waals surface area (Å²) in [6.07, 6.45) is 7.85. The molecule has 3 heteroatoms. The Kier molecular flexibility index (Phi) is 5.34. The standard InChI is InChI=1S/C18H23NO2/c1-13(2)20-17-10-6-5-8-15(17)12-16-9-7-11-19-18(16)21-14(3)4/h5-14,18H,1-4H3. The van der Waals surface area contributed by atoms with Crippen molar-refractivity contribution in [1.82, 2.24) is 0 Å². The highest BCUT2D eigenvalue weighted by atomic mass is 16.5. The Bertz CT molecular complexity index is 556. The Morgan fingerprint density at radius 1 is 1.10 bits per heavy atom. The third-order valence-corrected chi connectivity index (χ3v) is 2.89. The van der Waals surface area contributed by atoms with E-state index in [0.29, 0.717) is 0 Å². The van der Waals surface area contributed by atoms with Crippen LogP contribution in [0.25, 0.3) is 6.08 Å². The third kappa shape index (κ3) is 4.57. The Hall–Kier alpha value is -1.87. The number of aliphatic imine (C=N–C) groups is 1. The molecule has 0 spiro atoms. The molecule has 0 fully saturated rings. The van der Waals surface area contributed by atoms with E-state index in [-0.39, 0.29) is 18.4 Å². The first-order chi connectivity index (χ1) is 10.1. The molecule has 0 saturated carbocycles. The molecular formula is C18H23NO2. The number of para-hydroxylation sites is 1. The lowest BCUT2D eigenvalue weighted by Gasteiger charge is -2.20. The molecule has 0 radical (unpaired) electrons. The highest BCUT2D eigenvalue weighted by Gasteiger charge is 2.15. The van der Waals surface area contributed by atoms with E-state index in [1.807, 2.05) is 64.1 Å². The van der Waals surface area contributed by atoms with Gasteiger partial charge in [-0.2, -0.15) is 0 Å². The zero-order valence-electron chi connectivity index (χ0n) is 13.1. The molecule has 2 rings (SSSR count). The van der Waals surface area contributed by atoms with E-state index >= 15 is 0 Å². The number of hydrogen-bond acceptors (Lipinski definition) is 3. The van der Waals surface area contributed by atoms with Crippen LogP contribution in [-0.2, 0) is 4.74 Å². The summed E-state index contributed by atoms with van der Waals surface area (Å²) in [6, 6.07) is 8.02. The van der Waals surface area contributed by atoms with Crippen LogP contribution in [0.15, 0.2) is 47.0 Å². The van der Waals surface area contributed by atoms with Gasteiger partial charge in [-0.15, -0.1) is 0 Å². The minimum absolute atomic E-state index is 0.129. The zero-order valence-corrected chi connectivity index (χ0v) is 13.1. The van der Waals surface area contributed by atoms with Crippen molar-refractivity contribution in [2.24, 2.45) is 4.99 Å². The summed E-state index contributed by atoms with van der Waals surface area (Å²) >= 11 is 0. The molecule has 3 nitrogen and oxygen atoms in total. The number of ether oxygens (including phenoxy) is 2. The van der Waals surface area contributed by atoms with Gasteiger partial charge in [0.1, 0.15) is 5.75 Å². The number of nitrogens with zero attached hydrogens (tertiary/aromatic N) is 1. The lowest BCUT2D eigenvalue weighted by molar-refractivity contribution is 0.0366. The monoisotopic (exact) mass is 285 g/mol. The van der Waals surface area contributed by atoms with Gasteiger partial charge >= 0.3 is 0 Å². The fourth-order valence-electron chi connectivity index (χ4n) is 2.08. The number of dihydropyridines is 1. The van der Waals surface area contributed by atoms with Crippen molar-refractivity contribution in [1.29, 1.82) is 0 Å². The van der Waals surface area contributed by atoms with Crippen LogP contribution in [-0.4, -0.2) is 24.7 Å². The average Bonchev–Trinajstić information content (AvgIpc) is 2.42. The van der Waals surface area contributed by atoms with Crippen LogP contribution in [0.1, 0.15) is 33.3 Å². The molecule has 1 aromatic rings. The molecule has 0 amide bonds. The Morgan fingerprint density at radius 3 is 2.57 bits per heavy atom. The van der Waals surface area contributed by atoms with Gasteiger partial charge in [0.05, 0.1) is 12.2 Å². The van der Waals surface area contributed by atoms with Gasteiger partial charge in [-0.25, -0.2) is 0 Å². The van der Waals surface area contributed by atoms with Gasteiger partial charge in [0, 0.05) is 17.4 Å². The molecule has 0 N–H and O–H groups in total. The van der Waals surface area contributed by atoms with Crippen molar-refractivity contribution in [3.8, 4) is 5.75 Å². The Balaban J connectivity index is 2.29. The van der Waals surface area contributed by atoms with Crippen molar-refractivity contribution in [3.63, 3.8) is 0 Å². The second-order valence-electron chi connectivity index (χ2n) is 5.54. The molecule has 0 aliphatic carbocycles. The number of benzene rings is 1. The number of rotatable bonds is 5. The third-order valence-electron chi connectivity index (χ3n) is 2.89. The predicted octanol–water partition coefficient (Wildman–Crippen LogP) is 4.25. The first-order valence-electron chi connectivity index (χ1n) is 7.39. The molecule has 1 atom stereocenters. The van der Waals surface area contributed by atoms with E-state index < -0.39 is 0 Å². The van der Waals surface area contributed by atoms with Gasteiger partial charge in [0.2, 0.25) is 0 Å². The summed E-state index contributed by atoms with van der Waals surface area (Å²) in [5.74, 6) is 0.881.